The number of hydrogen-bond acceptors (Lipinski definition) is 7. The molecule has 7 nitrogen and oxygen atoms in total. The lowest BCUT2D eigenvalue weighted by Gasteiger charge is -2.09. The molecule has 0 spiro atoms. The van der Waals surface area contributed by atoms with Gasteiger partial charge < -0.3 is 18.7 Å². The standard InChI is InChI=1S/C16H16Cl2N2O5/c1-15(8-16(15,17)18)14(21)24-7-12-19-13(20-25-12)10-5-4-9(22-2)6-11(10)23-3/h4-6H,7-8H2,1-3H3/t15-/m0/s1. The molecule has 1 heterocycles. The summed E-state index contributed by atoms with van der Waals surface area (Å²) in [6, 6.07) is 5.21. The zero-order valence-electron chi connectivity index (χ0n) is 13.8. The maximum absolute atomic E-state index is 12.0. The van der Waals surface area contributed by atoms with E-state index in [4.69, 9.17) is 41.9 Å². The molecule has 1 atom stereocenters. The van der Waals surface area contributed by atoms with E-state index in [9.17, 15) is 4.79 Å². The smallest absolute Gasteiger partial charge is 0.315 e. The van der Waals surface area contributed by atoms with Gasteiger partial charge in [-0.15, -0.1) is 23.2 Å². The van der Waals surface area contributed by atoms with Crippen molar-refractivity contribution < 1.29 is 23.5 Å². The van der Waals surface area contributed by atoms with Gasteiger partial charge in [-0.1, -0.05) is 5.16 Å². The third-order valence-electron chi connectivity index (χ3n) is 4.15. The van der Waals surface area contributed by atoms with Crippen molar-refractivity contribution in [3.8, 4) is 22.9 Å². The van der Waals surface area contributed by atoms with Crippen molar-refractivity contribution in [2.45, 2.75) is 24.3 Å². The first kappa shape index (κ1) is 17.8. The second-order valence-electron chi connectivity index (χ2n) is 5.87. The number of methoxy groups -OCH3 is 2. The molecule has 2 aromatic rings. The third kappa shape index (κ3) is 3.26. The number of esters is 1. The van der Waals surface area contributed by atoms with Crippen LogP contribution in [0.15, 0.2) is 22.7 Å². The fraction of sp³-hybridized carbons (Fsp3) is 0.438. The fourth-order valence-corrected chi connectivity index (χ4v) is 3.00. The van der Waals surface area contributed by atoms with Crippen LogP contribution in [0.2, 0.25) is 0 Å². The Morgan fingerprint density at radius 3 is 2.64 bits per heavy atom. The number of hydrogen-bond donors (Lipinski definition) is 0. The van der Waals surface area contributed by atoms with Crippen LogP contribution in [0.25, 0.3) is 11.4 Å². The number of halogens is 2. The number of benzene rings is 1. The predicted molar refractivity (Wildman–Crippen MR) is 89.8 cm³/mol. The second kappa shape index (κ2) is 6.38. The Labute approximate surface area is 154 Å². The molecule has 0 N–H and O–H groups in total. The van der Waals surface area contributed by atoms with Crippen molar-refractivity contribution in [2.24, 2.45) is 5.41 Å². The van der Waals surface area contributed by atoms with E-state index in [1.807, 2.05) is 0 Å². The van der Waals surface area contributed by atoms with Crippen LogP contribution in [0.4, 0.5) is 0 Å². The quantitative estimate of drug-likeness (QED) is 0.555. The number of alkyl halides is 2. The molecule has 9 heteroatoms. The molecule has 0 aliphatic heterocycles. The van der Waals surface area contributed by atoms with Crippen LogP contribution in [0, 0.1) is 5.41 Å². The van der Waals surface area contributed by atoms with Gasteiger partial charge in [-0.2, -0.15) is 4.98 Å². The Hall–Kier alpha value is -1.99. The van der Waals surface area contributed by atoms with Gasteiger partial charge in [0.25, 0.3) is 5.89 Å². The second-order valence-corrected chi connectivity index (χ2v) is 7.35. The number of ether oxygens (including phenoxy) is 3. The van der Waals surface area contributed by atoms with Crippen molar-refractivity contribution in [2.75, 3.05) is 14.2 Å². The summed E-state index contributed by atoms with van der Waals surface area (Å²) in [5, 5.41) is 3.88. The van der Waals surface area contributed by atoms with Gasteiger partial charge in [-0.25, -0.2) is 0 Å². The highest BCUT2D eigenvalue weighted by Crippen LogP contribution is 2.64. The van der Waals surface area contributed by atoms with E-state index in [0.717, 1.165) is 0 Å². The van der Waals surface area contributed by atoms with Crippen molar-refractivity contribution in [1.82, 2.24) is 10.1 Å². The van der Waals surface area contributed by atoms with Gasteiger partial charge in [0, 0.05) is 12.5 Å². The summed E-state index contributed by atoms with van der Waals surface area (Å²) in [6.07, 6.45) is 0.347. The van der Waals surface area contributed by atoms with Crippen molar-refractivity contribution in [3.63, 3.8) is 0 Å². The molecule has 0 bridgehead atoms. The van der Waals surface area contributed by atoms with E-state index in [1.165, 1.54) is 7.11 Å². The molecule has 1 aliphatic carbocycles. The predicted octanol–water partition coefficient (Wildman–Crippen LogP) is 3.38. The molecule has 134 valence electrons. The zero-order chi connectivity index (χ0) is 18.2. The molecular formula is C16H16Cl2N2O5. The van der Waals surface area contributed by atoms with Crippen molar-refractivity contribution in [3.05, 3.63) is 24.1 Å². The first-order valence-electron chi connectivity index (χ1n) is 7.41. The number of carbonyl (C=O) groups is 1. The monoisotopic (exact) mass is 386 g/mol. The number of aromatic nitrogens is 2. The average Bonchev–Trinajstić information content (AvgIpc) is 2.94. The number of carbonyl (C=O) groups excluding carboxylic acids is 1. The SMILES string of the molecule is COc1ccc(-c2noc(COC(=O)[C@]3(C)CC3(Cl)Cl)n2)c(OC)c1. The normalized spacial score (nSPS) is 20.8. The molecule has 1 aliphatic rings. The summed E-state index contributed by atoms with van der Waals surface area (Å²) in [6.45, 7) is 1.49. The Morgan fingerprint density at radius 2 is 2.04 bits per heavy atom. The van der Waals surface area contributed by atoms with Gasteiger partial charge in [0.15, 0.2) is 6.61 Å². The minimum absolute atomic E-state index is 0.153. The highest BCUT2D eigenvalue weighted by Gasteiger charge is 2.69. The molecule has 0 saturated heterocycles. The summed E-state index contributed by atoms with van der Waals surface area (Å²) in [7, 11) is 3.09. The van der Waals surface area contributed by atoms with Crippen LogP contribution in [-0.4, -0.2) is 34.7 Å². The molecule has 1 aromatic carbocycles. The van der Waals surface area contributed by atoms with Crippen LogP contribution in [0.5, 0.6) is 11.5 Å². The van der Waals surface area contributed by atoms with E-state index in [0.29, 0.717) is 29.3 Å². The van der Waals surface area contributed by atoms with Crippen LogP contribution in [0.3, 0.4) is 0 Å². The summed E-state index contributed by atoms with van der Waals surface area (Å²) in [5.74, 6) is 1.14. The molecule has 1 aromatic heterocycles. The van der Waals surface area contributed by atoms with Gasteiger partial charge in [-0.05, 0) is 19.1 Å². The van der Waals surface area contributed by atoms with Gasteiger partial charge >= 0.3 is 5.97 Å². The largest absolute Gasteiger partial charge is 0.497 e. The minimum atomic E-state index is -1.08. The molecule has 1 fully saturated rings. The Morgan fingerprint density at radius 1 is 1.32 bits per heavy atom. The van der Waals surface area contributed by atoms with Gasteiger partial charge in [0.2, 0.25) is 5.82 Å². The first-order valence-corrected chi connectivity index (χ1v) is 8.16. The highest BCUT2D eigenvalue weighted by molar-refractivity contribution is 6.53. The lowest BCUT2D eigenvalue weighted by molar-refractivity contribution is -0.151. The maximum atomic E-state index is 12.0. The van der Waals surface area contributed by atoms with Gasteiger partial charge in [0.1, 0.15) is 21.2 Å². The molecule has 1 saturated carbocycles. The average molecular weight is 387 g/mol. The topological polar surface area (TPSA) is 83.7 Å². The Bertz CT molecular complexity index is 808. The number of rotatable bonds is 6. The van der Waals surface area contributed by atoms with E-state index in [2.05, 4.69) is 10.1 Å². The molecule has 0 unspecified atom stereocenters. The van der Waals surface area contributed by atoms with E-state index < -0.39 is 15.7 Å². The van der Waals surface area contributed by atoms with Crippen molar-refractivity contribution in [1.29, 1.82) is 0 Å². The molecular weight excluding hydrogens is 371 g/mol. The van der Waals surface area contributed by atoms with Crippen LogP contribution >= 0.6 is 23.2 Å². The third-order valence-corrected chi connectivity index (χ3v) is 5.25. The summed E-state index contributed by atoms with van der Waals surface area (Å²) < 4.78 is 19.7. The van der Waals surface area contributed by atoms with Crippen molar-refractivity contribution >= 4 is 29.2 Å². The van der Waals surface area contributed by atoms with E-state index in [-0.39, 0.29) is 12.5 Å². The minimum Gasteiger partial charge on any atom is -0.497 e. The summed E-state index contributed by atoms with van der Waals surface area (Å²) in [4.78, 5) is 16.3. The van der Waals surface area contributed by atoms with Gasteiger partial charge in [-0.3, -0.25) is 4.79 Å². The molecule has 3 rings (SSSR count). The maximum Gasteiger partial charge on any atom is 0.315 e. The molecule has 0 amide bonds. The van der Waals surface area contributed by atoms with Crippen LogP contribution in [-0.2, 0) is 16.1 Å². The molecule has 25 heavy (non-hydrogen) atoms. The van der Waals surface area contributed by atoms with Crippen LogP contribution in [0.1, 0.15) is 19.2 Å². The summed E-state index contributed by atoms with van der Waals surface area (Å²) >= 11 is 11.9. The fourth-order valence-electron chi connectivity index (χ4n) is 2.31. The Balaban J connectivity index is 1.70. The lowest BCUT2D eigenvalue weighted by Crippen LogP contribution is -2.21. The Kier molecular flexibility index (Phi) is 4.55. The highest BCUT2D eigenvalue weighted by atomic mass is 35.5. The zero-order valence-corrected chi connectivity index (χ0v) is 15.3. The molecule has 0 radical (unpaired) electrons. The van der Waals surface area contributed by atoms with Crippen LogP contribution < -0.4 is 9.47 Å². The van der Waals surface area contributed by atoms with Gasteiger partial charge in [0.05, 0.1) is 19.8 Å². The number of nitrogens with zero attached hydrogens (tertiary/aromatic N) is 2. The first-order chi connectivity index (χ1) is 11.8. The van der Waals surface area contributed by atoms with E-state index in [1.54, 1.807) is 32.2 Å². The van der Waals surface area contributed by atoms with E-state index >= 15 is 0 Å². The summed E-state index contributed by atoms with van der Waals surface area (Å²) in [5.41, 5.74) is -0.280. The lowest BCUT2D eigenvalue weighted by atomic mass is 10.1.